The van der Waals surface area contributed by atoms with Gasteiger partial charge in [0.2, 0.25) is 0 Å². The van der Waals surface area contributed by atoms with E-state index in [-0.39, 0.29) is 5.54 Å². The lowest BCUT2D eigenvalue weighted by Gasteiger charge is -2.26. The Balaban J connectivity index is 3.29. The Labute approximate surface area is 96.8 Å². The predicted octanol–water partition coefficient (Wildman–Crippen LogP) is 4.64. The molecule has 0 saturated heterocycles. The summed E-state index contributed by atoms with van der Waals surface area (Å²) in [5.74, 6) is 0. The molecule has 0 aromatic carbocycles. The third-order valence-electron chi connectivity index (χ3n) is 3.69. The van der Waals surface area contributed by atoms with Crippen molar-refractivity contribution in [2.75, 3.05) is 0 Å². The van der Waals surface area contributed by atoms with Crippen molar-refractivity contribution in [1.29, 1.82) is 0 Å². The Kier molecular flexibility index (Phi) is 9.18. The summed E-state index contributed by atoms with van der Waals surface area (Å²) in [5, 5.41) is 0. The van der Waals surface area contributed by atoms with E-state index in [2.05, 4.69) is 20.8 Å². The molecule has 15 heavy (non-hydrogen) atoms. The zero-order chi connectivity index (χ0) is 11.6. The van der Waals surface area contributed by atoms with Crippen molar-refractivity contribution in [2.45, 2.75) is 90.5 Å². The Bertz CT molecular complexity index is 127. The van der Waals surface area contributed by atoms with Crippen LogP contribution < -0.4 is 5.73 Å². The lowest BCUT2D eigenvalue weighted by Crippen LogP contribution is -2.38. The molecule has 92 valence electrons. The molecule has 0 atom stereocenters. The molecule has 0 aliphatic heterocycles. The minimum Gasteiger partial charge on any atom is -0.325 e. The first-order valence-electron chi connectivity index (χ1n) is 6.97. The fourth-order valence-electron chi connectivity index (χ4n) is 2.04. The number of nitrogens with two attached hydrogens (primary N) is 1. The van der Waals surface area contributed by atoms with Gasteiger partial charge < -0.3 is 5.73 Å². The molecule has 0 rings (SSSR count). The van der Waals surface area contributed by atoms with Crippen LogP contribution in [0, 0.1) is 0 Å². The molecule has 1 nitrogen and oxygen atoms in total. The molecule has 0 amide bonds. The van der Waals surface area contributed by atoms with Crippen LogP contribution >= 0.6 is 0 Å². The van der Waals surface area contributed by atoms with Crippen molar-refractivity contribution in [3.05, 3.63) is 0 Å². The first-order valence-corrected chi connectivity index (χ1v) is 6.97. The third-order valence-corrected chi connectivity index (χ3v) is 3.69. The van der Waals surface area contributed by atoms with Gasteiger partial charge in [0.1, 0.15) is 0 Å². The minimum atomic E-state index is 0.128. The predicted molar refractivity (Wildman–Crippen MR) is 70.1 cm³/mol. The van der Waals surface area contributed by atoms with Crippen molar-refractivity contribution >= 4 is 0 Å². The largest absolute Gasteiger partial charge is 0.325 e. The van der Waals surface area contributed by atoms with Gasteiger partial charge in [-0.05, 0) is 19.3 Å². The molecule has 0 radical (unpaired) electrons. The Morgan fingerprint density at radius 1 is 0.733 bits per heavy atom. The maximum Gasteiger partial charge on any atom is 0.0149 e. The quantitative estimate of drug-likeness (QED) is 0.525. The monoisotopic (exact) mass is 213 g/mol. The smallest absolute Gasteiger partial charge is 0.0149 e. The molecule has 0 aromatic heterocycles. The van der Waals surface area contributed by atoms with Gasteiger partial charge in [0.05, 0.1) is 0 Å². The van der Waals surface area contributed by atoms with Gasteiger partial charge in [-0.25, -0.2) is 0 Å². The van der Waals surface area contributed by atoms with Crippen LogP contribution in [0.25, 0.3) is 0 Å². The summed E-state index contributed by atoms with van der Waals surface area (Å²) in [4.78, 5) is 0. The van der Waals surface area contributed by atoms with E-state index in [0.717, 1.165) is 12.8 Å². The number of hydrogen-bond donors (Lipinski definition) is 1. The second-order valence-electron chi connectivity index (χ2n) is 4.94. The zero-order valence-electron chi connectivity index (χ0n) is 11.1. The first kappa shape index (κ1) is 15.0. The highest BCUT2D eigenvalue weighted by atomic mass is 14.7. The second-order valence-corrected chi connectivity index (χ2v) is 4.94. The first-order chi connectivity index (χ1) is 7.18. The highest BCUT2D eigenvalue weighted by Crippen LogP contribution is 2.20. The van der Waals surface area contributed by atoms with Crippen molar-refractivity contribution in [2.24, 2.45) is 5.73 Å². The normalized spacial score (nSPS) is 12.0. The standard InChI is InChI=1S/C14H31N/c1-4-7-8-9-10-11-12-13-14(15,5-2)6-3/h4-13,15H2,1-3H3. The van der Waals surface area contributed by atoms with E-state index in [1.54, 1.807) is 0 Å². The molecule has 0 saturated carbocycles. The van der Waals surface area contributed by atoms with E-state index in [0.29, 0.717) is 0 Å². The van der Waals surface area contributed by atoms with Crippen LogP contribution in [0.3, 0.4) is 0 Å². The molecule has 0 unspecified atom stereocenters. The molecule has 2 N–H and O–H groups in total. The second kappa shape index (κ2) is 9.21. The summed E-state index contributed by atoms with van der Waals surface area (Å²) < 4.78 is 0. The summed E-state index contributed by atoms with van der Waals surface area (Å²) >= 11 is 0. The van der Waals surface area contributed by atoms with E-state index in [4.69, 9.17) is 5.73 Å². The van der Waals surface area contributed by atoms with Crippen molar-refractivity contribution < 1.29 is 0 Å². The SMILES string of the molecule is CCCCCCCCCC(N)(CC)CC. The Morgan fingerprint density at radius 2 is 1.20 bits per heavy atom. The minimum absolute atomic E-state index is 0.128. The number of rotatable bonds is 10. The number of hydrogen-bond acceptors (Lipinski definition) is 1. The van der Waals surface area contributed by atoms with Crippen LogP contribution in [0.2, 0.25) is 0 Å². The highest BCUT2D eigenvalue weighted by molar-refractivity contribution is 4.80. The van der Waals surface area contributed by atoms with Gasteiger partial charge in [-0.2, -0.15) is 0 Å². The van der Waals surface area contributed by atoms with Gasteiger partial charge in [0, 0.05) is 5.54 Å². The van der Waals surface area contributed by atoms with E-state index in [1.165, 1.54) is 51.4 Å². The average Bonchev–Trinajstić information content (AvgIpc) is 2.27. The fraction of sp³-hybridized carbons (Fsp3) is 1.00. The van der Waals surface area contributed by atoms with Gasteiger partial charge >= 0.3 is 0 Å². The van der Waals surface area contributed by atoms with Crippen molar-refractivity contribution in [1.82, 2.24) is 0 Å². The molecule has 0 aliphatic rings. The lowest BCUT2D eigenvalue weighted by molar-refractivity contribution is 0.350. The van der Waals surface area contributed by atoms with E-state index >= 15 is 0 Å². The van der Waals surface area contributed by atoms with Gasteiger partial charge in [-0.1, -0.05) is 65.7 Å². The summed E-state index contributed by atoms with van der Waals surface area (Å²) in [5.41, 5.74) is 6.39. The topological polar surface area (TPSA) is 26.0 Å². The molecule has 0 bridgehead atoms. The molecule has 0 aromatic rings. The van der Waals surface area contributed by atoms with Crippen LogP contribution in [0.4, 0.5) is 0 Å². The molecule has 1 heteroatoms. The summed E-state index contributed by atoms with van der Waals surface area (Å²) in [6, 6.07) is 0. The lowest BCUT2D eigenvalue weighted by atomic mass is 9.88. The van der Waals surface area contributed by atoms with Gasteiger partial charge in [-0.3, -0.25) is 0 Å². The highest BCUT2D eigenvalue weighted by Gasteiger charge is 2.18. The summed E-state index contributed by atoms with van der Waals surface area (Å²) in [6.45, 7) is 6.70. The van der Waals surface area contributed by atoms with Crippen LogP contribution in [0.1, 0.15) is 85.0 Å². The van der Waals surface area contributed by atoms with Gasteiger partial charge in [0.15, 0.2) is 0 Å². The summed E-state index contributed by atoms with van der Waals surface area (Å²) in [7, 11) is 0. The van der Waals surface area contributed by atoms with Crippen molar-refractivity contribution in [3.8, 4) is 0 Å². The Morgan fingerprint density at radius 3 is 1.67 bits per heavy atom. The zero-order valence-corrected chi connectivity index (χ0v) is 11.1. The van der Waals surface area contributed by atoms with E-state index in [9.17, 15) is 0 Å². The van der Waals surface area contributed by atoms with E-state index < -0.39 is 0 Å². The molecule has 0 aliphatic carbocycles. The van der Waals surface area contributed by atoms with Gasteiger partial charge in [0.25, 0.3) is 0 Å². The van der Waals surface area contributed by atoms with Gasteiger partial charge in [-0.15, -0.1) is 0 Å². The molecule has 0 heterocycles. The van der Waals surface area contributed by atoms with Crippen LogP contribution in [0.5, 0.6) is 0 Å². The average molecular weight is 213 g/mol. The van der Waals surface area contributed by atoms with Crippen molar-refractivity contribution in [3.63, 3.8) is 0 Å². The molecular formula is C14H31N. The van der Waals surface area contributed by atoms with Crippen LogP contribution in [-0.4, -0.2) is 5.54 Å². The summed E-state index contributed by atoms with van der Waals surface area (Å²) in [6.07, 6.45) is 13.2. The maximum atomic E-state index is 6.26. The third kappa shape index (κ3) is 7.84. The van der Waals surface area contributed by atoms with Crippen LogP contribution in [-0.2, 0) is 0 Å². The van der Waals surface area contributed by atoms with E-state index in [1.807, 2.05) is 0 Å². The molecule has 0 fully saturated rings. The fourth-order valence-corrected chi connectivity index (χ4v) is 2.04. The molecule has 0 spiro atoms. The Hall–Kier alpha value is -0.0400. The van der Waals surface area contributed by atoms with Crippen LogP contribution in [0.15, 0.2) is 0 Å². The molecular weight excluding hydrogens is 182 g/mol. The number of unbranched alkanes of at least 4 members (excludes halogenated alkanes) is 6. The maximum absolute atomic E-state index is 6.26.